The third kappa shape index (κ3) is 2.21. The lowest BCUT2D eigenvalue weighted by atomic mass is 10.1. The fourth-order valence-corrected chi connectivity index (χ4v) is 3.38. The maximum atomic E-state index is 11.4. The van der Waals surface area contributed by atoms with Crippen molar-refractivity contribution in [3.63, 3.8) is 0 Å². The predicted octanol–water partition coefficient (Wildman–Crippen LogP) is 1.85. The summed E-state index contributed by atoms with van der Waals surface area (Å²) >= 11 is 1.77. The molecule has 1 amide bonds. The number of allylic oxidation sites excluding steroid dienone is 1. The zero-order valence-corrected chi connectivity index (χ0v) is 10.2. The van der Waals surface area contributed by atoms with Gasteiger partial charge < -0.3 is 9.64 Å². The predicted molar refractivity (Wildman–Crippen MR) is 61.4 cm³/mol. The van der Waals surface area contributed by atoms with Crippen molar-refractivity contribution in [3.8, 4) is 0 Å². The maximum Gasteiger partial charge on any atom is 0.248 e. The Labute approximate surface area is 94.8 Å². The first-order valence-corrected chi connectivity index (χ1v) is 6.20. The fourth-order valence-electron chi connectivity index (χ4n) is 1.89. The van der Waals surface area contributed by atoms with Crippen molar-refractivity contribution >= 4 is 17.7 Å². The number of amides is 1. The minimum atomic E-state index is 0.0823. The highest BCUT2D eigenvalue weighted by molar-refractivity contribution is 8.03. The van der Waals surface area contributed by atoms with E-state index >= 15 is 0 Å². The van der Waals surface area contributed by atoms with E-state index in [1.54, 1.807) is 16.7 Å². The first kappa shape index (κ1) is 11.0. The lowest BCUT2D eigenvalue weighted by Gasteiger charge is -2.33. The molecule has 0 saturated carbocycles. The van der Waals surface area contributed by atoms with Crippen LogP contribution in [0.1, 0.15) is 20.3 Å². The summed E-state index contributed by atoms with van der Waals surface area (Å²) in [7, 11) is 1.86. The molecule has 2 rings (SSSR count). The molecule has 2 atom stereocenters. The molecule has 0 aromatic carbocycles. The van der Waals surface area contributed by atoms with Gasteiger partial charge in [0, 0.05) is 7.05 Å². The van der Waals surface area contributed by atoms with Crippen LogP contribution in [-0.4, -0.2) is 35.9 Å². The topological polar surface area (TPSA) is 29.5 Å². The van der Waals surface area contributed by atoms with E-state index in [9.17, 15) is 4.79 Å². The van der Waals surface area contributed by atoms with Crippen molar-refractivity contribution in [1.82, 2.24) is 4.90 Å². The Hall–Kier alpha value is -0.480. The number of likely N-dealkylation sites (N-methyl/N-ethyl adjacent to an activating group) is 1. The standard InChI is InChI=1S/C11H17NO2S/c1-7(2)4-8-5-9-11(15-8)14-6-10(13)12(9)3/h5,7,9,11H,4,6H2,1-3H3. The monoisotopic (exact) mass is 227 g/mol. The average molecular weight is 227 g/mol. The third-order valence-electron chi connectivity index (χ3n) is 2.72. The molecule has 0 N–H and O–H groups in total. The lowest BCUT2D eigenvalue weighted by Crippen LogP contribution is -2.48. The van der Waals surface area contributed by atoms with Crippen LogP contribution in [0.3, 0.4) is 0 Å². The summed E-state index contributed by atoms with van der Waals surface area (Å²) in [6.07, 6.45) is 3.27. The van der Waals surface area contributed by atoms with E-state index < -0.39 is 0 Å². The molecule has 2 aliphatic heterocycles. The summed E-state index contributed by atoms with van der Waals surface area (Å²) in [5.74, 6) is 0.740. The molecule has 84 valence electrons. The molecule has 2 aliphatic rings. The molecule has 1 saturated heterocycles. The molecule has 2 unspecified atom stereocenters. The quantitative estimate of drug-likeness (QED) is 0.721. The van der Waals surface area contributed by atoms with Crippen LogP contribution >= 0.6 is 11.8 Å². The van der Waals surface area contributed by atoms with Gasteiger partial charge in [0.05, 0.1) is 6.04 Å². The number of carbonyl (C=O) groups is 1. The van der Waals surface area contributed by atoms with Gasteiger partial charge in [-0.25, -0.2) is 0 Å². The van der Waals surface area contributed by atoms with E-state index in [0.717, 1.165) is 6.42 Å². The van der Waals surface area contributed by atoms with E-state index in [2.05, 4.69) is 19.9 Å². The number of morpholine rings is 1. The van der Waals surface area contributed by atoms with Crippen molar-refractivity contribution < 1.29 is 9.53 Å². The van der Waals surface area contributed by atoms with E-state index in [-0.39, 0.29) is 24.0 Å². The molecule has 2 heterocycles. The van der Waals surface area contributed by atoms with E-state index in [0.29, 0.717) is 5.92 Å². The zero-order valence-electron chi connectivity index (χ0n) is 9.40. The molecular weight excluding hydrogens is 210 g/mol. The van der Waals surface area contributed by atoms with Crippen LogP contribution in [0.25, 0.3) is 0 Å². The Kier molecular flexibility index (Phi) is 3.07. The Bertz CT molecular complexity index is 301. The molecule has 0 radical (unpaired) electrons. The van der Waals surface area contributed by atoms with Crippen molar-refractivity contribution in [2.45, 2.75) is 31.7 Å². The van der Waals surface area contributed by atoms with Crippen LogP contribution < -0.4 is 0 Å². The average Bonchev–Trinajstić information content (AvgIpc) is 2.54. The van der Waals surface area contributed by atoms with Gasteiger partial charge in [-0.15, -0.1) is 0 Å². The molecule has 15 heavy (non-hydrogen) atoms. The van der Waals surface area contributed by atoms with Crippen LogP contribution in [0.2, 0.25) is 0 Å². The van der Waals surface area contributed by atoms with Gasteiger partial charge in [0.15, 0.2) is 0 Å². The summed E-state index contributed by atoms with van der Waals surface area (Å²) < 4.78 is 5.52. The zero-order chi connectivity index (χ0) is 11.0. The first-order chi connectivity index (χ1) is 7.08. The molecular formula is C11H17NO2S. The Balaban J connectivity index is 2.06. The fraction of sp³-hybridized carbons (Fsp3) is 0.727. The van der Waals surface area contributed by atoms with Gasteiger partial charge in [-0.05, 0) is 23.3 Å². The number of fused-ring (bicyclic) bond motifs is 1. The Morgan fingerprint density at radius 1 is 1.67 bits per heavy atom. The minimum Gasteiger partial charge on any atom is -0.355 e. The van der Waals surface area contributed by atoms with Gasteiger partial charge in [0.1, 0.15) is 12.0 Å². The smallest absolute Gasteiger partial charge is 0.248 e. The first-order valence-electron chi connectivity index (χ1n) is 5.32. The van der Waals surface area contributed by atoms with Crippen molar-refractivity contribution in [2.75, 3.05) is 13.7 Å². The normalized spacial score (nSPS) is 30.8. The third-order valence-corrected chi connectivity index (χ3v) is 3.98. The molecule has 0 bridgehead atoms. The largest absolute Gasteiger partial charge is 0.355 e. The molecule has 4 heteroatoms. The summed E-state index contributed by atoms with van der Waals surface area (Å²) in [4.78, 5) is 14.6. The molecule has 3 nitrogen and oxygen atoms in total. The van der Waals surface area contributed by atoms with Crippen LogP contribution in [0, 0.1) is 5.92 Å². The lowest BCUT2D eigenvalue weighted by molar-refractivity contribution is -0.145. The Morgan fingerprint density at radius 2 is 2.40 bits per heavy atom. The van der Waals surface area contributed by atoms with Gasteiger partial charge in [0.2, 0.25) is 5.91 Å². The number of carbonyl (C=O) groups excluding carboxylic acids is 1. The second-order valence-electron chi connectivity index (χ2n) is 4.52. The highest BCUT2D eigenvalue weighted by atomic mass is 32.2. The van der Waals surface area contributed by atoms with Crippen LogP contribution in [-0.2, 0) is 9.53 Å². The molecule has 0 aromatic heterocycles. The number of hydrogen-bond donors (Lipinski definition) is 0. The van der Waals surface area contributed by atoms with Crippen LogP contribution in [0.15, 0.2) is 11.0 Å². The molecule has 1 fully saturated rings. The van der Waals surface area contributed by atoms with E-state index in [1.807, 2.05) is 7.05 Å². The minimum absolute atomic E-state index is 0.0823. The van der Waals surface area contributed by atoms with Gasteiger partial charge in [0.25, 0.3) is 0 Å². The number of ether oxygens (including phenoxy) is 1. The van der Waals surface area contributed by atoms with E-state index in [4.69, 9.17) is 4.74 Å². The van der Waals surface area contributed by atoms with E-state index in [1.165, 1.54) is 4.91 Å². The van der Waals surface area contributed by atoms with Gasteiger partial charge in [-0.1, -0.05) is 25.6 Å². The van der Waals surface area contributed by atoms with Crippen molar-refractivity contribution in [3.05, 3.63) is 11.0 Å². The number of hydrogen-bond acceptors (Lipinski definition) is 3. The second kappa shape index (κ2) is 4.18. The van der Waals surface area contributed by atoms with Crippen LogP contribution in [0.5, 0.6) is 0 Å². The summed E-state index contributed by atoms with van der Waals surface area (Å²) in [6, 6.07) is 0.144. The highest BCUT2D eigenvalue weighted by Gasteiger charge is 2.38. The summed E-state index contributed by atoms with van der Waals surface area (Å²) in [5, 5.41) is 0. The summed E-state index contributed by atoms with van der Waals surface area (Å²) in [5.41, 5.74) is 0.126. The Morgan fingerprint density at radius 3 is 3.07 bits per heavy atom. The van der Waals surface area contributed by atoms with Gasteiger partial charge in [-0.3, -0.25) is 4.79 Å². The van der Waals surface area contributed by atoms with Gasteiger partial charge in [-0.2, -0.15) is 0 Å². The second-order valence-corrected chi connectivity index (χ2v) is 5.75. The van der Waals surface area contributed by atoms with Crippen molar-refractivity contribution in [2.24, 2.45) is 5.92 Å². The SMILES string of the molecule is CC(C)CC1=CC2C(OCC(=O)N2C)S1. The number of thioether (sulfide) groups is 1. The highest BCUT2D eigenvalue weighted by Crippen LogP contribution is 2.40. The molecule has 0 aliphatic carbocycles. The number of nitrogens with zero attached hydrogens (tertiary/aromatic N) is 1. The van der Waals surface area contributed by atoms with Crippen LogP contribution in [0.4, 0.5) is 0 Å². The summed E-state index contributed by atoms with van der Waals surface area (Å²) in [6.45, 7) is 4.64. The van der Waals surface area contributed by atoms with Gasteiger partial charge >= 0.3 is 0 Å². The molecule has 0 aromatic rings. The number of rotatable bonds is 2. The maximum absolute atomic E-state index is 11.4. The molecule has 0 spiro atoms. The van der Waals surface area contributed by atoms with Crippen molar-refractivity contribution in [1.29, 1.82) is 0 Å².